The summed E-state index contributed by atoms with van der Waals surface area (Å²) in [6.07, 6.45) is 5.75. The van der Waals surface area contributed by atoms with Crippen LogP contribution in [0.4, 0.5) is 0 Å². The zero-order valence-corrected chi connectivity index (χ0v) is 13.7. The fraction of sp³-hybridized carbons (Fsp3) is 0.938. The lowest BCUT2D eigenvalue weighted by Crippen LogP contribution is -2.53. The van der Waals surface area contributed by atoms with E-state index in [4.69, 9.17) is 4.74 Å². The highest BCUT2D eigenvalue weighted by atomic mass is 16.5. The van der Waals surface area contributed by atoms with Gasteiger partial charge in [-0.25, -0.2) is 0 Å². The van der Waals surface area contributed by atoms with Crippen molar-refractivity contribution < 1.29 is 9.53 Å². The number of nitrogens with one attached hydrogen (secondary N) is 1. The summed E-state index contributed by atoms with van der Waals surface area (Å²) in [7, 11) is 0. The third kappa shape index (κ3) is 5.80. The Bertz CT molecular complexity index is 288. The minimum atomic E-state index is -0.546. The van der Waals surface area contributed by atoms with Gasteiger partial charge in [-0.1, -0.05) is 0 Å². The van der Waals surface area contributed by atoms with Crippen molar-refractivity contribution in [3.63, 3.8) is 0 Å². The number of nitrogens with zero attached hydrogens (tertiary/aromatic N) is 1. The fourth-order valence-electron chi connectivity index (χ4n) is 2.98. The first-order valence-corrected chi connectivity index (χ1v) is 8.15. The number of carbonyl (C=O) groups excluding carboxylic acids is 1. The van der Waals surface area contributed by atoms with Crippen molar-refractivity contribution in [1.82, 2.24) is 10.2 Å². The molecular weight excluding hydrogens is 252 g/mol. The van der Waals surface area contributed by atoms with Gasteiger partial charge in [-0.2, -0.15) is 0 Å². The molecule has 0 aromatic rings. The van der Waals surface area contributed by atoms with Gasteiger partial charge in [-0.3, -0.25) is 10.1 Å². The molecule has 0 bridgehead atoms. The summed E-state index contributed by atoms with van der Waals surface area (Å²) in [4.78, 5) is 14.7. The van der Waals surface area contributed by atoms with Gasteiger partial charge in [0, 0.05) is 6.04 Å². The van der Waals surface area contributed by atoms with Crippen LogP contribution in [0, 0.1) is 0 Å². The molecule has 118 valence electrons. The zero-order chi connectivity index (χ0) is 15.0. The Morgan fingerprint density at radius 3 is 2.50 bits per heavy atom. The predicted molar refractivity (Wildman–Crippen MR) is 82.8 cm³/mol. The summed E-state index contributed by atoms with van der Waals surface area (Å²) in [5, 5.41) is 3.38. The summed E-state index contributed by atoms with van der Waals surface area (Å²) in [6, 6.07) is 0.281. The second-order valence-electron chi connectivity index (χ2n) is 6.36. The molecule has 0 radical (unpaired) electrons. The van der Waals surface area contributed by atoms with E-state index in [0.717, 1.165) is 19.3 Å². The van der Waals surface area contributed by atoms with E-state index in [1.54, 1.807) is 0 Å². The molecule has 1 atom stereocenters. The van der Waals surface area contributed by atoms with Gasteiger partial charge in [0.1, 0.15) is 5.54 Å². The first-order valence-electron chi connectivity index (χ1n) is 8.15. The number of likely N-dealkylation sites (tertiary alicyclic amines) is 1. The third-order valence-corrected chi connectivity index (χ3v) is 3.93. The van der Waals surface area contributed by atoms with Gasteiger partial charge in [-0.15, -0.1) is 0 Å². The third-order valence-electron chi connectivity index (χ3n) is 3.93. The number of hydrogen-bond acceptors (Lipinski definition) is 4. The van der Waals surface area contributed by atoms with Crippen LogP contribution in [0.15, 0.2) is 0 Å². The number of rotatable bonds is 9. The lowest BCUT2D eigenvalue weighted by atomic mass is 9.93. The van der Waals surface area contributed by atoms with Crippen LogP contribution in [0.2, 0.25) is 0 Å². The Morgan fingerprint density at radius 1 is 1.30 bits per heavy atom. The highest BCUT2D eigenvalue weighted by Gasteiger charge is 2.34. The molecule has 0 aromatic carbocycles. The molecule has 0 spiro atoms. The van der Waals surface area contributed by atoms with Crippen molar-refractivity contribution in [3.8, 4) is 0 Å². The fourth-order valence-corrected chi connectivity index (χ4v) is 2.98. The van der Waals surface area contributed by atoms with Crippen LogP contribution >= 0.6 is 0 Å². The van der Waals surface area contributed by atoms with Gasteiger partial charge in [0.05, 0.1) is 6.61 Å². The normalized spacial score (nSPS) is 19.2. The SMILES string of the molecule is CCOC(=O)C(C)(CCCCN1CCCC1)NC(C)C. The van der Waals surface area contributed by atoms with E-state index in [9.17, 15) is 4.79 Å². The van der Waals surface area contributed by atoms with Crippen molar-refractivity contribution in [2.75, 3.05) is 26.2 Å². The molecule has 4 heteroatoms. The van der Waals surface area contributed by atoms with Gasteiger partial charge >= 0.3 is 5.97 Å². The van der Waals surface area contributed by atoms with E-state index >= 15 is 0 Å². The smallest absolute Gasteiger partial charge is 0.326 e. The van der Waals surface area contributed by atoms with Crippen molar-refractivity contribution in [3.05, 3.63) is 0 Å². The van der Waals surface area contributed by atoms with E-state index in [1.807, 2.05) is 13.8 Å². The summed E-state index contributed by atoms with van der Waals surface area (Å²) in [5.41, 5.74) is -0.546. The molecule has 1 fully saturated rings. The highest BCUT2D eigenvalue weighted by molar-refractivity contribution is 5.80. The molecule has 0 aromatic heterocycles. The number of esters is 1. The van der Waals surface area contributed by atoms with E-state index in [2.05, 4.69) is 24.1 Å². The Balaban J connectivity index is 2.36. The van der Waals surface area contributed by atoms with Crippen molar-refractivity contribution >= 4 is 5.97 Å². The van der Waals surface area contributed by atoms with E-state index in [0.29, 0.717) is 6.61 Å². The highest BCUT2D eigenvalue weighted by Crippen LogP contribution is 2.18. The number of ether oxygens (including phenoxy) is 1. The Morgan fingerprint density at radius 2 is 1.95 bits per heavy atom. The topological polar surface area (TPSA) is 41.6 Å². The molecule has 1 heterocycles. The van der Waals surface area contributed by atoms with Crippen molar-refractivity contribution in [2.24, 2.45) is 0 Å². The summed E-state index contributed by atoms with van der Waals surface area (Å²) in [5.74, 6) is -0.116. The maximum atomic E-state index is 12.2. The molecule has 1 rings (SSSR count). The maximum Gasteiger partial charge on any atom is 0.326 e. The van der Waals surface area contributed by atoms with Crippen LogP contribution in [0.25, 0.3) is 0 Å². The predicted octanol–water partition coefficient (Wildman–Crippen LogP) is 2.57. The van der Waals surface area contributed by atoms with Crippen LogP contribution in [-0.4, -0.2) is 48.7 Å². The number of carbonyl (C=O) groups is 1. The second kappa shape index (κ2) is 8.63. The molecular formula is C16H32N2O2. The lowest BCUT2D eigenvalue weighted by Gasteiger charge is -2.31. The average molecular weight is 284 g/mol. The molecule has 0 amide bonds. The van der Waals surface area contributed by atoms with E-state index in [-0.39, 0.29) is 12.0 Å². The van der Waals surface area contributed by atoms with Gasteiger partial charge in [0.25, 0.3) is 0 Å². The van der Waals surface area contributed by atoms with Gasteiger partial charge in [-0.05, 0) is 79.4 Å². The average Bonchev–Trinajstić information content (AvgIpc) is 2.87. The van der Waals surface area contributed by atoms with Crippen molar-refractivity contribution in [2.45, 2.75) is 71.4 Å². The molecule has 4 nitrogen and oxygen atoms in total. The minimum absolute atomic E-state index is 0.116. The van der Waals surface area contributed by atoms with Crippen LogP contribution in [-0.2, 0) is 9.53 Å². The minimum Gasteiger partial charge on any atom is -0.465 e. The molecule has 1 aliphatic heterocycles. The van der Waals surface area contributed by atoms with Gasteiger partial charge in [0.15, 0.2) is 0 Å². The molecule has 1 unspecified atom stereocenters. The van der Waals surface area contributed by atoms with E-state index in [1.165, 1.54) is 32.5 Å². The van der Waals surface area contributed by atoms with Crippen LogP contribution in [0.5, 0.6) is 0 Å². The number of hydrogen-bond donors (Lipinski definition) is 1. The quantitative estimate of drug-likeness (QED) is 0.522. The Labute approximate surface area is 124 Å². The molecule has 0 aliphatic carbocycles. The molecule has 1 N–H and O–H groups in total. The lowest BCUT2D eigenvalue weighted by molar-refractivity contribution is -0.151. The molecule has 1 saturated heterocycles. The largest absolute Gasteiger partial charge is 0.465 e. The van der Waals surface area contributed by atoms with Crippen LogP contribution in [0.1, 0.15) is 59.8 Å². The standard InChI is InChI=1S/C16H32N2O2/c1-5-20-15(19)16(4,17-14(2)3)10-6-7-11-18-12-8-9-13-18/h14,17H,5-13H2,1-4H3. The zero-order valence-electron chi connectivity index (χ0n) is 13.7. The molecule has 1 aliphatic rings. The Hall–Kier alpha value is -0.610. The van der Waals surface area contributed by atoms with Crippen LogP contribution < -0.4 is 5.32 Å². The van der Waals surface area contributed by atoms with Gasteiger partial charge < -0.3 is 9.64 Å². The second-order valence-corrected chi connectivity index (χ2v) is 6.36. The monoisotopic (exact) mass is 284 g/mol. The first-order chi connectivity index (χ1) is 9.48. The van der Waals surface area contributed by atoms with Gasteiger partial charge in [0.2, 0.25) is 0 Å². The first kappa shape index (κ1) is 17.4. The summed E-state index contributed by atoms with van der Waals surface area (Å²) >= 11 is 0. The van der Waals surface area contributed by atoms with Crippen LogP contribution in [0.3, 0.4) is 0 Å². The maximum absolute atomic E-state index is 12.2. The summed E-state index contributed by atoms with van der Waals surface area (Å²) in [6.45, 7) is 12.1. The van der Waals surface area contributed by atoms with E-state index < -0.39 is 5.54 Å². The molecule has 20 heavy (non-hydrogen) atoms. The summed E-state index contributed by atoms with van der Waals surface area (Å²) < 4.78 is 5.23. The Kier molecular flexibility index (Phi) is 7.52. The number of unbranched alkanes of at least 4 members (excludes halogenated alkanes) is 1. The molecule has 0 saturated carbocycles. The van der Waals surface area contributed by atoms with Crippen molar-refractivity contribution in [1.29, 1.82) is 0 Å².